The average Bonchev–Trinajstić information content (AvgIpc) is 2.86. The minimum Gasteiger partial charge on any atom is -0.461 e. The normalized spacial score (nSPS) is 51.9. The van der Waals surface area contributed by atoms with Gasteiger partial charge in [-0.25, -0.2) is 0 Å². The van der Waals surface area contributed by atoms with Gasteiger partial charge in [0, 0.05) is 24.7 Å². The van der Waals surface area contributed by atoms with Crippen LogP contribution in [0.25, 0.3) is 0 Å². The minimum atomic E-state index is -0.0590. The molecule has 126 valence electrons. The molecule has 0 aromatic heterocycles. The molecule has 0 aromatic rings. The number of hydrogen-bond donors (Lipinski definition) is 1. The lowest BCUT2D eigenvalue weighted by Gasteiger charge is -2.31. The predicted octanol–water partition coefficient (Wildman–Crippen LogP) is 0.967. The van der Waals surface area contributed by atoms with E-state index in [4.69, 9.17) is 9.47 Å². The first-order valence-electron chi connectivity index (χ1n) is 9.47. The molecule has 4 heteroatoms. The largest absolute Gasteiger partial charge is 0.461 e. The van der Waals surface area contributed by atoms with Crippen LogP contribution in [0.3, 0.4) is 0 Å². The number of ether oxygens (including phenoxy) is 2. The van der Waals surface area contributed by atoms with Crippen molar-refractivity contribution in [1.82, 2.24) is 0 Å². The molecular formula is C19H28NO3+. The Morgan fingerprint density at radius 2 is 2.13 bits per heavy atom. The Hall–Kier alpha value is -0.870. The number of esters is 1. The van der Waals surface area contributed by atoms with Gasteiger partial charge >= 0.3 is 5.97 Å². The van der Waals surface area contributed by atoms with E-state index >= 15 is 0 Å². The highest BCUT2D eigenvalue weighted by Crippen LogP contribution is 2.63. The third kappa shape index (κ3) is 2.00. The van der Waals surface area contributed by atoms with Crippen LogP contribution in [-0.4, -0.2) is 43.4 Å². The maximum atomic E-state index is 12.6. The highest BCUT2D eigenvalue weighted by molar-refractivity contribution is 5.75. The molecule has 5 aliphatic rings. The molecule has 7 atom stereocenters. The van der Waals surface area contributed by atoms with E-state index in [-0.39, 0.29) is 23.6 Å². The molecule has 0 spiro atoms. The first kappa shape index (κ1) is 14.5. The minimum absolute atomic E-state index is 0.0590. The summed E-state index contributed by atoms with van der Waals surface area (Å²) in [6.45, 7) is 10.0. The van der Waals surface area contributed by atoms with Gasteiger partial charge in [-0.05, 0) is 32.1 Å². The number of carbonyl (C=O) groups is 1. The van der Waals surface area contributed by atoms with Crippen LogP contribution in [0, 0.1) is 23.7 Å². The number of allylic oxidation sites excluding steroid dienone is 1. The molecule has 0 radical (unpaired) electrons. The summed E-state index contributed by atoms with van der Waals surface area (Å²) in [5, 5.41) is 0. The van der Waals surface area contributed by atoms with Crippen LogP contribution in [0.5, 0.6) is 0 Å². The van der Waals surface area contributed by atoms with Gasteiger partial charge in [0.05, 0.1) is 31.3 Å². The fraction of sp³-hybridized carbons (Fsp3) is 0.842. The number of carbonyl (C=O) groups excluding carboxylic acids is 1. The summed E-state index contributed by atoms with van der Waals surface area (Å²) in [7, 11) is 0. The topological polar surface area (TPSA) is 43.3 Å². The van der Waals surface area contributed by atoms with Crippen molar-refractivity contribution >= 4 is 5.97 Å². The van der Waals surface area contributed by atoms with E-state index in [0.29, 0.717) is 23.9 Å². The molecule has 0 unspecified atom stereocenters. The van der Waals surface area contributed by atoms with Crippen molar-refractivity contribution in [3.63, 3.8) is 0 Å². The van der Waals surface area contributed by atoms with Crippen molar-refractivity contribution in [2.75, 3.05) is 19.6 Å². The Balaban J connectivity index is 1.43. The molecule has 0 bridgehead atoms. The van der Waals surface area contributed by atoms with E-state index < -0.39 is 0 Å². The van der Waals surface area contributed by atoms with E-state index in [1.807, 2.05) is 0 Å². The molecule has 2 aliphatic carbocycles. The second kappa shape index (κ2) is 4.82. The van der Waals surface area contributed by atoms with Gasteiger partial charge < -0.3 is 14.4 Å². The summed E-state index contributed by atoms with van der Waals surface area (Å²) in [6, 6.07) is 0. The van der Waals surface area contributed by atoms with Gasteiger partial charge in [-0.1, -0.05) is 12.2 Å². The summed E-state index contributed by atoms with van der Waals surface area (Å²) in [5.74, 6) is 1.39. The lowest BCUT2D eigenvalue weighted by Crippen LogP contribution is -3.10. The van der Waals surface area contributed by atoms with Crippen molar-refractivity contribution in [1.29, 1.82) is 0 Å². The van der Waals surface area contributed by atoms with Crippen molar-refractivity contribution in [2.45, 2.75) is 56.8 Å². The van der Waals surface area contributed by atoms with Gasteiger partial charge in [0.15, 0.2) is 0 Å². The van der Waals surface area contributed by atoms with E-state index in [1.54, 1.807) is 4.90 Å². The molecule has 0 amide bonds. The molecule has 3 saturated heterocycles. The number of nitrogens with one attached hydrogen (secondary N) is 1. The maximum absolute atomic E-state index is 12.6. The van der Waals surface area contributed by atoms with Crippen LogP contribution in [-0.2, 0) is 14.3 Å². The van der Waals surface area contributed by atoms with Crippen LogP contribution in [0.4, 0.5) is 0 Å². The van der Waals surface area contributed by atoms with E-state index in [9.17, 15) is 4.79 Å². The van der Waals surface area contributed by atoms with Gasteiger partial charge in [-0.3, -0.25) is 4.79 Å². The average molecular weight is 318 g/mol. The SMILES string of the molecule is C=C1CC[C@@H]2[C@H](OC(=O)[C@H]2C[NH+]2CCCC2)[C@@H]2[C@H]1C[C@H]1O[C@@]21C. The summed E-state index contributed by atoms with van der Waals surface area (Å²) >= 11 is 0. The molecule has 1 N–H and O–H groups in total. The summed E-state index contributed by atoms with van der Waals surface area (Å²) in [6.07, 6.45) is 6.27. The fourth-order valence-electron chi connectivity index (χ4n) is 6.18. The lowest BCUT2D eigenvalue weighted by atomic mass is 9.77. The van der Waals surface area contributed by atoms with Crippen molar-refractivity contribution < 1.29 is 19.2 Å². The Labute approximate surface area is 138 Å². The highest BCUT2D eigenvalue weighted by Gasteiger charge is 2.71. The number of likely N-dealkylation sites (tertiary alicyclic amines) is 1. The molecule has 2 saturated carbocycles. The summed E-state index contributed by atoms with van der Waals surface area (Å²) < 4.78 is 12.0. The predicted molar refractivity (Wildman–Crippen MR) is 84.9 cm³/mol. The quantitative estimate of drug-likeness (QED) is 0.469. The Morgan fingerprint density at radius 1 is 1.35 bits per heavy atom. The van der Waals surface area contributed by atoms with E-state index in [0.717, 1.165) is 25.8 Å². The smallest absolute Gasteiger partial charge is 0.315 e. The molecule has 0 aromatic carbocycles. The van der Waals surface area contributed by atoms with Crippen LogP contribution < -0.4 is 4.90 Å². The standard InChI is InChI=1S/C19H27NO3/c1-11-5-6-12-14(10-20-7-3-4-8-20)18(21)22-17(12)16-13(11)9-15-19(16,2)23-15/h12-17H,1,3-10H2,2H3/p+1/t12-,13-,14-,15+,16-,17-,19+/m0/s1. The number of quaternary nitrogens is 1. The number of fused-ring (bicyclic) bond motifs is 5. The first-order chi connectivity index (χ1) is 11.1. The number of epoxide rings is 1. The van der Waals surface area contributed by atoms with Crippen LogP contribution in [0.2, 0.25) is 0 Å². The Morgan fingerprint density at radius 3 is 2.91 bits per heavy atom. The molecule has 5 rings (SSSR count). The van der Waals surface area contributed by atoms with E-state index in [2.05, 4.69) is 13.5 Å². The van der Waals surface area contributed by atoms with Crippen LogP contribution >= 0.6 is 0 Å². The third-order valence-corrected chi connectivity index (χ3v) is 7.53. The van der Waals surface area contributed by atoms with Gasteiger partial charge in [0.2, 0.25) is 0 Å². The zero-order valence-corrected chi connectivity index (χ0v) is 14.1. The Kier molecular flexibility index (Phi) is 3.04. The first-order valence-corrected chi connectivity index (χ1v) is 9.47. The molecule has 4 nitrogen and oxygen atoms in total. The summed E-state index contributed by atoms with van der Waals surface area (Å²) in [4.78, 5) is 14.2. The highest BCUT2D eigenvalue weighted by atomic mass is 16.6. The molecule has 3 heterocycles. The van der Waals surface area contributed by atoms with Gasteiger partial charge in [-0.2, -0.15) is 0 Å². The summed E-state index contributed by atoms with van der Waals surface area (Å²) in [5.41, 5.74) is 1.32. The zero-order valence-electron chi connectivity index (χ0n) is 14.1. The van der Waals surface area contributed by atoms with E-state index in [1.165, 1.54) is 31.5 Å². The maximum Gasteiger partial charge on any atom is 0.315 e. The van der Waals surface area contributed by atoms with Gasteiger partial charge in [0.1, 0.15) is 12.0 Å². The van der Waals surface area contributed by atoms with Crippen molar-refractivity contribution in [3.8, 4) is 0 Å². The third-order valence-electron chi connectivity index (χ3n) is 7.53. The lowest BCUT2D eigenvalue weighted by molar-refractivity contribution is -0.890. The van der Waals surface area contributed by atoms with Crippen molar-refractivity contribution in [2.24, 2.45) is 23.7 Å². The van der Waals surface area contributed by atoms with Gasteiger partial charge in [-0.15, -0.1) is 0 Å². The van der Waals surface area contributed by atoms with Crippen LogP contribution in [0.15, 0.2) is 12.2 Å². The number of hydrogen-bond acceptors (Lipinski definition) is 3. The molecular weight excluding hydrogens is 290 g/mol. The molecule has 5 fully saturated rings. The van der Waals surface area contributed by atoms with Crippen molar-refractivity contribution in [3.05, 3.63) is 12.2 Å². The Bertz CT molecular complexity index is 555. The monoisotopic (exact) mass is 318 g/mol. The van der Waals surface area contributed by atoms with Crippen LogP contribution in [0.1, 0.15) is 39.0 Å². The zero-order chi connectivity index (χ0) is 15.8. The molecule has 3 aliphatic heterocycles. The fourth-order valence-corrected chi connectivity index (χ4v) is 6.18. The number of rotatable bonds is 2. The second-order valence-electron chi connectivity index (χ2n) is 8.69. The van der Waals surface area contributed by atoms with Gasteiger partial charge in [0.25, 0.3) is 0 Å². The molecule has 23 heavy (non-hydrogen) atoms. The second-order valence-corrected chi connectivity index (χ2v) is 8.69.